The number of thiazole rings is 1. The lowest BCUT2D eigenvalue weighted by Crippen LogP contribution is -2.43. The summed E-state index contributed by atoms with van der Waals surface area (Å²) in [5, 5.41) is 15.6. The minimum Gasteiger partial charge on any atom is -0.481 e. The molecule has 2 rings (SSSR count). The highest BCUT2D eigenvalue weighted by atomic mass is 32.1. The lowest BCUT2D eigenvalue weighted by Gasteiger charge is -2.18. The van der Waals surface area contributed by atoms with E-state index in [4.69, 9.17) is 5.11 Å². The number of nitrogens with one attached hydrogen (secondary N) is 2. The van der Waals surface area contributed by atoms with E-state index in [1.165, 1.54) is 0 Å². The van der Waals surface area contributed by atoms with Gasteiger partial charge in [0.05, 0.1) is 17.2 Å². The van der Waals surface area contributed by atoms with E-state index in [1.807, 2.05) is 44.2 Å². The second kappa shape index (κ2) is 9.17. The van der Waals surface area contributed by atoms with Crippen LogP contribution in [-0.2, 0) is 17.8 Å². The maximum atomic E-state index is 12.2. The number of hydrogen-bond donors (Lipinski definition) is 3. The highest BCUT2D eigenvalue weighted by Gasteiger charge is 2.15. The molecule has 0 fully saturated rings. The van der Waals surface area contributed by atoms with Crippen LogP contribution in [0.5, 0.6) is 0 Å². The van der Waals surface area contributed by atoms with E-state index in [2.05, 4.69) is 15.6 Å². The SMILES string of the molecule is Cc1nc(C)c(CNC(=O)NC(CCC(=O)O)Cc2ccccc2)s1. The molecule has 0 aliphatic rings. The van der Waals surface area contributed by atoms with Crippen LogP contribution in [0, 0.1) is 13.8 Å². The highest BCUT2D eigenvalue weighted by Crippen LogP contribution is 2.16. The molecule has 0 aliphatic carbocycles. The van der Waals surface area contributed by atoms with Crippen LogP contribution in [0.25, 0.3) is 0 Å². The molecule has 0 radical (unpaired) electrons. The number of aryl methyl sites for hydroxylation is 2. The molecule has 1 aromatic heterocycles. The minimum atomic E-state index is -0.865. The predicted octanol–water partition coefficient (Wildman–Crippen LogP) is 3.04. The molecule has 0 bridgehead atoms. The van der Waals surface area contributed by atoms with Gasteiger partial charge in [-0.05, 0) is 32.3 Å². The standard InChI is InChI=1S/C18H23N3O3S/c1-12-16(25-13(2)20-12)11-19-18(24)21-15(8-9-17(22)23)10-14-6-4-3-5-7-14/h3-7,15H,8-11H2,1-2H3,(H,22,23)(H2,19,21,24). The van der Waals surface area contributed by atoms with E-state index in [0.29, 0.717) is 19.4 Å². The zero-order valence-corrected chi connectivity index (χ0v) is 15.2. The van der Waals surface area contributed by atoms with Crippen LogP contribution in [-0.4, -0.2) is 28.1 Å². The number of carboxylic acid groups (broad SMARTS) is 1. The highest BCUT2D eigenvalue weighted by molar-refractivity contribution is 7.11. The van der Waals surface area contributed by atoms with Crippen molar-refractivity contribution in [1.82, 2.24) is 15.6 Å². The Morgan fingerprint density at radius 3 is 2.56 bits per heavy atom. The van der Waals surface area contributed by atoms with Gasteiger partial charge in [-0.1, -0.05) is 30.3 Å². The molecule has 0 saturated heterocycles. The maximum absolute atomic E-state index is 12.2. The van der Waals surface area contributed by atoms with Gasteiger partial charge in [-0.3, -0.25) is 4.79 Å². The van der Waals surface area contributed by atoms with Crippen molar-refractivity contribution in [3.8, 4) is 0 Å². The van der Waals surface area contributed by atoms with E-state index in [-0.39, 0.29) is 18.5 Å². The number of carbonyl (C=O) groups excluding carboxylic acids is 1. The number of aliphatic carboxylic acids is 1. The molecule has 7 heteroatoms. The number of hydrogen-bond acceptors (Lipinski definition) is 4. The molecule has 0 aliphatic heterocycles. The van der Waals surface area contributed by atoms with Crippen LogP contribution >= 0.6 is 11.3 Å². The number of rotatable bonds is 8. The van der Waals surface area contributed by atoms with Gasteiger partial charge >= 0.3 is 12.0 Å². The topological polar surface area (TPSA) is 91.3 Å². The molecule has 0 saturated carbocycles. The van der Waals surface area contributed by atoms with Gasteiger partial charge in [0.2, 0.25) is 0 Å². The van der Waals surface area contributed by atoms with E-state index >= 15 is 0 Å². The first-order valence-corrected chi connectivity index (χ1v) is 8.98. The van der Waals surface area contributed by atoms with Crippen LogP contribution in [0.2, 0.25) is 0 Å². The number of nitrogens with zero attached hydrogens (tertiary/aromatic N) is 1. The van der Waals surface area contributed by atoms with Gasteiger partial charge in [0.1, 0.15) is 0 Å². The van der Waals surface area contributed by atoms with Crippen LogP contribution in [0.4, 0.5) is 4.79 Å². The Hall–Kier alpha value is -2.41. The van der Waals surface area contributed by atoms with Crippen LogP contribution < -0.4 is 10.6 Å². The first kappa shape index (κ1) is 18.9. The third kappa shape index (κ3) is 6.54. The van der Waals surface area contributed by atoms with Gasteiger partial charge in [0.25, 0.3) is 0 Å². The van der Waals surface area contributed by atoms with Gasteiger partial charge in [0, 0.05) is 17.3 Å². The normalized spacial score (nSPS) is 11.8. The van der Waals surface area contributed by atoms with Crippen LogP contribution in [0.3, 0.4) is 0 Å². The fourth-order valence-electron chi connectivity index (χ4n) is 2.56. The predicted molar refractivity (Wildman–Crippen MR) is 97.8 cm³/mol. The molecule has 0 spiro atoms. The van der Waals surface area contributed by atoms with E-state index in [9.17, 15) is 9.59 Å². The Morgan fingerprint density at radius 2 is 1.96 bits per heavy atom. The summed E-state index contributed by atoms with van der Waals surface area (Å²) in [6, 6.07) is 9.19. The summed E-state index contributed by atoms with van der Waals surface area (Å²) in [7, 11) is 0. The van der Waals surface area contributed by atoms with Gasteiger partial charge in [-0.2, -0.15) is 0 Å². The molecular formula is C18H23N3O3S. The monoisotopic (exact) mass is 361 g/mol. The molecule has 134 valence electrons. The molecule has 25 heavy (non-hydrogen) atoms. The number of carbonyl (C=O) groups is 2. The minimum absolute atomic E-state index is 0.0188. The van der Waals surface area contributed by atoms with Crippen molar-refractivity contribution in [2.45, 2.75) is 45.7 Å². The Morgan fingerprint density at radius 1 is 1.24 bits per heavy atom. The third-order valence-electron chi connectivity index (χ3n) is 3.78. The van der Waals surface area contributed by atoms with Crippen molar-refractivity contribution in [3.63, 3.8) is 0 Å². The number of aromatic nitrogens is 1. The third-order valence-corrected chi connectivity index (χ3v) is 4.85. The fourth-order valence-corrected chi connectivity index (χ4v) is 3.43. The average molecular weight is 361 g/mol. The first-order chi connectivity index (χ1) is 11.9. The molecular weight excluding hydrogens is 338 g/mol. The Balaban J connectivity index is 1.91. The van der Waals surface area contributed by atoms with E-state index in [1.54, 1.807) is 11.3 Å². The van der Waals surface area contributed by atoms with Gasteiger partial charge in [-0.25, -0.2) is 9.78 Å². The summed E-state index contributed by atoms with van der Waals surface area (Å²) in [5.74, 6) is -0.865. The van der Waals surface area contributed by atoms with Crippen molar-refractivity contribution in [2.24, 2.45) is 0 Å². The Kier molecular flexibility index (Phi) is 6.94. The summed E-state index contributed by atoms with van der Waals surface area (Å²) in [4.78, 5) is 28.4. The van der Waals surface area contributed by atoms with Gasteiger partial charge in [0.15, 0.2) is 0 Å². The fraction of sp³-hybridized carbons (Fsp3) is 0.389. The van der Waals surface area contributed by atoms with Crippen molar-refractivity contribution in [3.05, 3.63) is 51.5 Å². The number of urea groups is 1. The Labute approximate surface area is 151 Å². The van der Waals surface area contributed by atoms with E-state index < -0.39 is 5.97 Å². The second-order valence-corrected chi connectivity index (χ2v) is 7.18. The summed E-state index contributed by atoms with van der Waals surface area (Å²) in [5.41, 5.74) is 1.99. The molecule has 6 nitrogen and oxygen atoms in total. The van der Waals surface area contributed by atoms with Crippen molar-refractivity contribution < 1.29 is 14.7 Å². The molecule has 1 aromatic carbocycles. The number of carboxylic acids is 1. The largest absolute Gasteiger partial charge is 0.481 e. The smallest absolute Gasteiger partial charge is 0.315 e. The van der Waals surface area contributed by atoms with E-state index in [0.717, 1.165) is 21.1 Å². The van der Waals surface area contributed by atoms with Gasteiger partial charge < -0.3 is 15.7 Å². The summed E-state index contributed by atoms with van der Waals surface area (Å²) >= 11 is 1.56. The van der Waals surface area contributed by atoms with Crippen LogP contribution in [0.15, 0.2) is 30.3 Å². The lowest BCUT2D eigenvalue weighted by atomic mass is 10.0. The average Bonchev–Trinajstić information content (AvgIpc) is 2.89. The quantitative estimate of drug-likeness (QED) is 0.674. The maximum Gasteiger partial charge on any atom is 0.315 e. The van der Waals surface area contributed by atoms with Crippen molar-refractivity contribution in [2.75, 3.05) is 0 Å². The Bertz CT molecular complexity index is 716. The zero-order valence-electron chi connectivity index (χ0n) is 14.4. The molecule has 1 atom stereocenters. The second-order valence-electron chi connectivity index (χ2n) is 5.89. The number of benzene rings is 1. The molecule has 2 amide bonds. The summed E-state index contributed by atoms with van der Waals surface area (Å²) < 4.78 is 0. The summed E-state index contributed by atoms with van der Waals surface area (Å²) in [6.07, 6.45) is 1.00. The lowest BCUT2D eigenvalue weighted by molar-refractivity contribution is -0.137. The molecule has 1 unspecified atom stereocenters. The van der Waals surface area contributed by atoms with Gasteiger partial charge in [-0.15, -0.1) is 11.3 Å². The molecule has 3 N–H and O–H groups in total. The van der Waals surface area contributed by atoms with Crippen molar-refractivity contribution in [1.29, 1.82) is 0 Å². The number of amides is 2. The molecule has 2 aromatic rings. The summed E-state index contributed by atoms with van der Waals surface area (Å²) in [6.45, 7) is 4.27. The zero-order chi connectivity index (χ0) is 18.2. The van der Waals surface area contributed by atoms with Crippen molar-refractivity contribution >= 4 is 23.3 Å². The first-order valence-electron chi connectivity index (χ1n) is 8.17. The van der Waals surface area contributed by atoms with Crippen LogP contribution in [0.1, 0.15) is 34.0 Å². The molecule has 1 heterocycles.